The molecule has 2 aromatic carbocycles. The molecule has 2 N–H and O–H groups in total. The lowest BCUT2D eigenvalue weighted by molar-refractivity contribution is -0.114. The van der Waals surface area contributed by atoms with Crippen LogP contribution >= 0.6 is 11.8 Å². The monoisotopic (exact) mass is 399 g/mol. The quantitative estimate of drug-likeness (QED) is 0.700. The van der Waals surface area contributed by atoms with E-state index in [2.05, 4.69) is 27.7 Å². The second kappa shape index (κ2) is 10.3. The van der Waals surface area contributed by atoms with E-state index >= 15 is 0 Å². The average molecular weight is 400 g/mol. The lowest BCUT2D eigenvalue weighted by atomic mass is 10.2. The largest absolute Gasteiger partial charge is 0.379 e. The van der Waals surface area contributed by atoms with Crippen LogP contribution in [0.15, 0.2) is 53.4 Å². The molecule has 1 heterocycles. The van der Waals surface area contributed by atoms with Crippen molar-refractivity contribution in [3.05, 3.63) is 54.1 Å². The number of carbonyl (C=O) groups excluding carboxylic acids is 2. The van der Waals surface area contributed by atoms with Gasteiger partial charge in [-0.25, -0.2) is 0 Å². The van der Waals surface area contributed by atoms with Crippen molar-refractivity contribution in [3.8, 4) is 0 Å². The topological polar surface area (TPSA) is 70.7 Å². The fourth-order valence-electron chi connectivity index (χ4n) is 2.89. The highest BCUT2D eigenvalue weighted by atomic mass is 32.2. The summed E-state index contributed by atoms with van der Waals surface area (Å²) in [5.41, 5.74) is 2.78. The molecule has 1 aliphatic heterocycles. The number of nitrogens with one attached hydrogen (secondary N) is 2. The molecule has 7 heteroatoms. The van der Waals surface area contributed by atoms with Crippen LogP contribution in [0, 0.1) is 0 Å². The molecular weight excluding hydrogens is 374 g/mol. The van der Waals surface area contributed by atoms with Gasteiger partial charge in [-0.1, -0.05) is 12.1 Å². The van der Waals surface area contributed by atoms with Crippen molar-refractivity contribution in [1.29, 1.82) is 0 Å². The molecule has 6 nitrogen and oxygen atoms in total. The van der Waals surface area contributed by atoms with Crippen LogP contribution in [-0.2, 0) is 20.9 Å². The molecule has 0 unspecified atom stereocenters. The van der Waals surface area contributed by atoms with E-state index in [1.165, 1.54) is 24.2 Å². The molecule has 1 fully saturated rings. The molecule has 0 aliphatic carbocycles. The molecule has 0 saturated carbocycles. The van der Waals surface area contributed by atoms with Gasteiger partial charge >= 0.3 is 0 Å². The minimum absolute atomic E-state index is 0.0446. The van der Waals surface area contributed by atoms with Crippen molar-refractivity contribution in [2.24, 2.45) is 0 Å². The Bertz CT molecular complexity index is 788. The lowest BCUT2D eigenvalue weighted by Crippen LogP contribution is -2.35. The molecule has 0 atom stereocenters. The molecule has 148 valence electrons. The van der Waals surface area contributed by atoms with Crippen molar-refractivity contribution in [1.82, 2.24) is 4.90 Å². The zero-order chi connectivity index (χ0) is 19.8. The number of rotatable bonds is 7. The van der Waals surface area contributed by atoms with Gasteiger partial charge in [0.1, 0.15) is 0 Å². The minimum atomic E-state index is -0.101. The zero-order valence-corrected chi connectivity index (χ0v) is 16.8. The SMILES string of the molecule is CC(=O)Nc1ccc(SCC(=O)Nc2ccc(CN3CCOCC3)cc2)cc1. The number of hydrogen-bond donors (Lipinski definition) is 2. The number of hydrogen-bond acceptors (Lipinski definition) is 5. The summed E-state index contributed by atoms with van der Waals surface area (Å²) in [6.07, 6.45) is 0. The van der Waals surface area contributed by atoms with E-state index in [4.69, 9.17) is 4.74 Å². The fraction of sp³-hybridized carbons (Fsp3) is 0.333. The van der Waals surface area contributed by atoms with Gasteiger partial charge in [-0.15, -0.1) is 11.8 Å². The number of morpholine rings is 1. The Kier molecular flexibility index (Phi) is 7.47. The Morgan fingerprint density at radius 2 is 1.57 bits per heavy atom. The predicted octanol–water partition coefficient (Wildman–Crippen LogP) is 3.21. The van der Waals surface area contributed by atoms with Crippen LogP contribution in [0.3, 0.4) is 0 Å². The molecule has 0 spiro atoms. The Morgan fingerprint density at radius 3 is 2.21 bits per heavy atom. The summed E-state index contributed by atoms with van der Waals surface area (Å²) in [4.78, 5) is 26.6. The summed E-state index contributed by atoms with van der Waals surface area (Å²) >= 11 is 1.46. The first-order valence-electron chi connectivity index (χ1n) is 9.28. The summed E-state index contributed by atoms with van der Waals surface area (Å²) in [6.45, 7) is 5.89. The Morgan fingerprint density at radius 1 is 0.964 bits per heavy atom. The second-order valence-electron chi connectivity index (χ2n) is 6.63. The van der Waals surface area contributed by atoms with Gasteiger partial charge in [0.15, 0.2) is 0 Å². The number of anilines is 2. The Hall–Kier alpha value is -2.35. The smallest absolute Gasteiger partial charge is 0.234 e. The van der Waals surface area contributed by atoms with Crippen molar-refractivity contribution in [2.75, 3.05) is 42.7 Å². The third kappa shape index (κ3) is 6.67. The predicted molar refractivity (Wildman–Crippen MR) is 113 cm³/mol. The molecule has 0 radical (unpaired) electrons. The number of ether oxygens (including phenoxy) is 1. The molecule has 2 aromatic rings. The van der Waals surface area contributed by atoms with Crippen LogP contribution in [0.2, 0.25) is 0 Å². The summed E-state index contributed by atoms with van der Waals surface area (Å²) in [6, 6.07) is 15.4. The van der Waals surface area contributed by atoms with Crippen LogP contribution in [0.25, 0.3) is 0 Å². The molecule has 28 heavy (non-hydrogen) atoms. The number of amides is 2. The van der Waals surface area contributed by atoms with Gasteiger partial charge in [0.05, 0.1) is 19.0 Å². The van der Waals surface area contributed by atoms with Crippen LogP contribution in [0.1, 0.15) is 12.5 Å². The standard InChI is InChI=1S/C21H25N3O3S/c1-16(25)22-18-6-8-20(9-7-18)28-15-21(26)23-19-4-2-17(3-5-19)14-24-10-12-27-13-11-24/h2-9H,10-15H2,1H3,(H,22,25)(H,23,26). The van der Waals surface area contributed by atoms with E-state index in [-0.39, 0.29) is 11.8 Å². The fourth-order valence-corrected chi connectivity index (χ4v) is 3.59. The van der Waals surface area contributed by atoms with Gasteiger partial charge in [-0.05, 0) is 42.0 Å². The number of nitrogens with zero attached hydrogens (tertiary/aromatic N) is 1. The second-order valence-corrected chi connectivity index (χ2v) is 7.68. The normalized spacial score (nSPS) is 14.5. The highest BCUT2D eigenvalue weighted by Gasteiger charge is 2.11. The van der Waals surface area contributed by atoms with E-state index in [0.29, 0.717) is 5.75 Å². The van der Waals surface area contributed by atoms with Crippen LogP contribution in [0.5, 0.6) is 0 Å². The summed E-state index contributed by atoms with van der Waals surface area (Å²) < 4.78 is 5.37. The third-order valence-electron chi connectivity index (χ3n) is 4.29. The molecule has 3 rings (SSSR count). The number of carbonyl (C=O) groups is 2. The van der Waals surface area contributed by atoms with Gasteiger partial charge in [0.25, 0.3) is 0 Å². The van der Waals surface area contributed by atoms with Gasteiger partial charge in [-0.3, -0.25) is 14.5 Å². The maximum Gasteiger partial charge on any atom is 0.234 e. The zero-order valence-electron chi connectivity index (χ0n) is 15.9. The van der Waals surface area contributed by atoms with E-state index < -0.39 is 0 Å². The molecular formula is C21H25N3O3S. The maximum absolute atomic E-state index is 12.2. The minimum Gasteiger partial charge on any atom is -0.379 e. The molecule has 2 amide bonds. The van der Waals surface area contributed by atoms with Crippen LogP contribution < -0.4 is 10.6 Å². The van der Waals surface area contributed by atoms with E-state index in [1.54, 1.807) is 0 Å². The van der Waals surface area contributed by atoms with Gasteiger partial charge in [0.2, 0.25) is 11.8 Å². The maximum atomic E-state index is 12.2. The van der Waals surface area contributed by atoms with Gasteiger partial charge in [-0.2, -0.15) is 0 Å². The van der Waals surface area contributed by atoms with E-state index in [1.807, 2.05) is 36.4 Å². The average Bonchev–Trinajstić information content (AvgIpc) is 2.69. The highest BCUT2D eigenvalue weighted by Crippen LogP contribution is 2.21. The van der Waals surface area contributed by atoms with Gasteiger partial charge in [0, 0.05) is 42.8 Å². The van der Waals surface area contributed by atoms with Crippen LogP contribution in [-0.4, -0.2) is 48.8 Å². The third-order valence-corrected chi connectivity index (χ3v) is 5.30. The molecule has 1 saturated heterocycles. The first kappa shape index (κ1) is 20.4. The van der Waals surface area contributed by atoms with E-state index in [9.17, 15) is 9.59 Å². The van der Waals surface area contributed by atoms with Crippen molar-refractivity contribution < 1.29 is 14.3 Å². The first-order valence-corrected chi connectivity index (χ1v) is 10.3. The number of benzene rings is 2. The molecule has 0 aromatic heterocycles. The van der Waals surface area contributed by atoms with Crippen molar-refractivity contribution in [2.45, 2.75) is 18.4 Å². The van der Waals surface area contributed by atoms with Crippen molar-refractivity contribution >= 4 is 35.0 Å². The Balaban J connectivity index is 1.43. The summed E-state index contributed by atoms with van der Waals surface area (Å²) in [7, 11) is 0. The van der Waals surface area contributed by atoms with Crippen LogP contribution in [0.4, 0.5) is 11.4 Å². The molecule has 1 aliphatic rings. The first-order chi connectivity index (χ1) is 13.6. The Labute approximate surface area is 169 Å². The van der Waals surface area contributed by atoms with Gasteiger partial charge < -0.3 is 15.4 Å². The van der Waals surface area contributed by atoms with Crippen molar-refractivity contribution in [3.63, 3.8) is 0 Å². The molecule has 0 bridgehead atoms. The summed E-state index contributed by atoms with van der Waals surface area (Å²) in [5, 5.41) is 5.65. The lowest BCUT2D eigenvalue weighted by Gasteiger charge is -2.26. The summed E-state index contributed by atoms with van der Waals surface area (Å²) in [5.74, 6) is 0.183. The highest BCUT2D eigenvalue weighted by molar-refractivity contribution is 8.00. The number of thioether (sulfide) groups is 1. The van der Waals surface area contributed by atoms with E-state index in [0.717, 1.165) is 49.1 Å².